The lowest BCUT2D eigenvalue weighted by Gasteiger charge is -2.17. The number of nitrogens with zero attached hydrogens (tertiary/aromatic N) is 2. The van der Waals surface area contributed by atoms with Gasteiger partial charge in [0, 0.05) is 11.8 Å². The molecule has 4 N–H and O–H groups in total. The number of aromatic nitrogens is 3. The Balaban J connectivity index is 2.35. The van der Waals surface area contributed by atoms with E-state index in [0.717, 1.165) is 0 Å². The first kappa shape index (κ1) is 14.5. The molecule has 2 aromatic rings. The zero-order valence-electron chi connectivity index (χ0n) is 10.2. The summed E-state index contributed by atoms with van der Waals surface area (Å²) < 4.78 is 0. The fourth-order valence-electron chi connectivity index (χ4n) is 1.88. The molecule has 0 saturated carbocycles. The minimum atomic E-state index is -1.07. The molecule has 0 aromatic carbocycles. The van der Waals surface area contributed by atoms with Crippen molar-refractivity contribution in [3.05, 3.63) is 22.2 Å². The summed E-state index contributed by atoms with van der Waals surface area (Å²) >= 11 is 11.7. The second kappa shape index (κ2) is 6.02. The lowest BCUT2D eigenvalue weighted by Crippen LogP contribution is -2.23. The normalized spacial score (nSPS) is 14.8. The Hall–Kier alpha value is -0.920. The fourth-order valence-corrected chi connectivity index (χ4v) is 2.37. The minimum Gasteiger partial charge on any atom is -0.390 e. The molecule has 0 aliphatic heterocycles. The topological polar surface area (TPSA) is 94.1 Å². The first-order valence-electron chi connectivity index (χ1n) is 5.75. The van der Waals surface area contributed by atoms with E-state index >= 15 is 0 Å². The van der Waals surface area contributed by atoms with Crippen LogP contribution in [-0.4, -0.2) is 44.9 Å². The highest BCUT2D eigenvalue weighted by atomic mass is 35.5. The van der Waals surface area contributed by atoms with Gasteiger partial charge in [0.25, 0.3) is 0 Å². The van der Waals surface area contributed by atoms with Crippen LogP contribution in [-0.2, 0) is 0 Å². The number of halogens is 2. The zero-order valence-corrected chi connectivity index (χ0v) is 11.7. The summed E-state index contributed by atoms with van der Waals surface area (Å²) in [5.41, 5.74) is 0.889. The number of rotatable bonds is 5. The average molecular weight is 305 g/mol. The number of hydrogen-bond donors (Lipinski definition) is 4. The van der Waals surface area contributed by atoms with E-state index in [2.05, 4.69) is 20.3 Å². The third-order valence-electron chi connectivity index (χ3n) is 2.86. The minimum absolute atomic E-state index is 0.0242. The van der Waals surface area contributed by atoms with E-state index < -0.39 is 12.2 Å². The molecule has 0 aliphatic carbocycles. The van der Waals surface area contributed by atoms with Gasteiger partial charge in [-0.15, -0.1) is 0 Å². The summed E-state index contributed by atoms with van der Waals surface area (Å²) in [4.78, 5) is 10.7. The van der Waals surface area contributed by atoms with Gasteiger partial charge in [-0.3, -0.25) is 0 Å². The zero-order chi connectivity index (χ0) is 14.0. The van der Waals surface area contributed by atoms with Crippen LogP contribution in [0.4, 0.5) is 0 Å². The van der Waals surface area contributed by atoms with Crippen molar-refractivity contribution in [1.29, 1.82) is 0 Å². The van der Waals surface area contributed by atoms with Crippen LogP contribution in [0.1, 0.15) is 18.1 Å². The molecule has 6 nitrogen and oxygen atoms in total. The van der Waals surface area contributed by atoms with Crippen molar-refractivity contribution in [1.82, 2.24) is 20.3 Å². The van der Waals surface area contributed by atoms with Crippen LogP contribution in [0.15, 0.2) is 6.20 Å². The van der Waals surface area contributed by atoms with Gasteiger partial charge in [-0.05, 0) is 31.6 Å². The molecule has 104 valence electrons. The number of aliphatic hydroxyl groups excluding tert-OH is 2. The largest absolute Gasteiger partial charge is 0.390 e. The van der Waals surface area contributed by atoms with E-state index in [1.807, 2.05) is 0 Å². The summed E-state index contributed by atoms with van der Waals surface area (Å²) in [6.07, 6.45) is -0.00633. The molecule has 0 bridgehead atoms. The van der Waals surface area contributed by atoms with Gasteiger partial charge in [0.1, 0.15) is 16.9 Å². The molecular weight excluding hydrogens is 291 g/mol. The number of H-pyrrole nitrogens is 1. The van der Waals surface area contributed by atoms with Gasteiger partial charge in [-0.2, -0.15) is 4.98 Å². The maximum atomic E-state index is 10.2. The maximum Gasteiger partial charge on any atom is 0.225 e. The van der Waals surface area contributed by atoms with Crippen molar-refractivity contribution in [3.8, 4) is 0 Å². The van der Waals surface area contributed by atoms with E-state index in [1.54, 1.807) is 13.2 Å². The van der Waals surface area contributed by atoms with Crippen molar-refractivity contribution in [2.24, 2.45) is 0 Å². The number of aromatic amines is 1. The molecule has 0 radical (unpaired) electrons. The third kappa shape index (κ3) is 2.98. The maximum absolute atomic E-state index is 10.2. The standard InChI is InChI=1S/C11H14Cl2N4O2/c1-14-3-2-6(18)8(19)5-4-15-10-7(5)9(12)16-11(13)17-10/h4,6,8,14,18-19H,2-3H2,1H3,(H,15,16,17). The smallest absolute Gasteiger partial charge is 0.225 e. The van der Waals surface area contributed by atoms with Crippen LogP contribution in [0.3, 0.4) is 0 Å². The molecule has 2 aromatic heterocycles. The Morgan fingerprint density at radius 3 is 2.79 bits per heavy atom. The molecule has 19 heavy (non-hydrogen) atoms. The molecule has 0 saturated heterocycles. The van der Waals surface area contributed by atoms with Crippen molar-refractivity contribution >= 4 is 34.2 Å². The quantitative estimate of drug-likeness (QED) is 0.493. The van der Waals surface area contributed by atoms with Crippen LogP contribution >= 0.6 is 23.2 Å². The molecule has 8 heteroatoms. The molecule has 0 spiro atoms. The van der Waals surface area contributed by atoms with E-state index in [4.69, 9.17) is 23.2 Å². The molecule has 2 atom stereocenters. The van der Waals surface area contributed by atoms with Crippen LogP contribution in [0, 0.1) is 0 Å². The Labute approximate surface area is 119 Å². The number of fused-ring (bicyclic) bond motifs is 1. The Morgan fingerprint density at radius 2 is 2.11 bits per heavy atom. The second-order valence-electron chi connectivity index (χ2n) is 4.16. The first-order valence-corrected chi connectivity index (χ1v) is 6.51. The van der Waals surface area contributed by atoms with Gasteiger partial charge in [0.15, 0.2) is 0 Å². The molecule has 0 fully saturated rings. The van der Waals surface area contributed by atoms with Gasteiger partial charge in [-0.1, -0.05) is 11.6 Å². The Morgan fingerprint density at radius 1 is 1.37 bits per heavy atom. The lowest BCUT2D eigenvalue weighted by atomic mass is 10.0. The summed E-state index contributed by atoms with van der Waals surface area (Å²) in [6.45, 7) is 0.594. The van der Waals surface area contributed by atoms with Crippen molar-refractivity contribution in [2.75, 3.05) is 13.6 Å². The SMILES string of the molecule is CNCCC(O)C(O)c1c[nH]c2nc(Cl)nc(Cl)c12. The monoisotopic (exact) mass is 304 g/mol. The molecular formula is C11H14Cl2N4O2. The molecule has 0 aliphatic rings. The second-order valence-corrected chi connectivity index (χ2v) is 4.85. The van der Waals surface area contributed by atoms with Crippen LogP contribution in [0.5, 0.6) is 0 Å². The van der Waals surface area contributed by atoms with E-state index in [9.17, 15) is 10.2 Å². The molecule has 0 amide bonds. The highest BCUT2D eigenvalue weighted by Gasteiger charge is 2.23. The predicted molar refractivity (Wildman–Crippen MR) is 73.4 cm³/mol. The summed E-state index contributed by atoms with van der Waals surface area (Å²) in [6, 6.07) is 0. The lowest BCUT2D eigenvalue weighted by molar-refractivity contribution is 0.0149. The van der Waals surface area contributed by atoms with E-state index in [1.165, 1.54) is 0 Å². The van der Waals surface area contributed by atoms with Gasteiger partial charge in [0.05, 0.1) is 11.5 Å². The third-order valence-corrected chi connectivity index (χ3v) is 3.31. The summed E-state index contributed by atoms with van der Waals surface area (Å²) in [5.74, 6) is 0. The number of hydrogen-bond acceptors (Lipinski definition) is 5. The molecule has 2 heterocycles. The Kier molecular flexibility index (Phi) is 4.59. The van der Waals surface area contributed by atoms with Gasteiger partial charge in [-0.25, -0.2) is 4.98 Å². The molecule has 2 unspecified atom stereocenters. The fraction of sp³-hybridized carbons (Fsp3) is 0.455. The highest BCUT2D eigenvalue weighted by molar-refractivity contribution is 6.35. The van der Waals surface area contributed by atoms with Crippen molar-refractivity contribution in [3.63, 3.8) is 0 Å². The van der Waals surface area contributed by atoms with Gasteiger partial charge >= 0.3 is 0 Å². The average Bonchev–Trinajstić information content (AvgIpc) is 2.78. The number of aliphatic hydroxyl groups is 2. The van der Waals surface area contributed by atoms with Crippen LogP contribution in [0.2, 0.25) is 10.4 Å². The van der Waals surface area contributed by atoms with E-state index in [0.29, 0.717) is 29.6 Å². The first-order chi connectivity index (χ1) is 9.04. The van der Waals surface area contributed by atoms with Crippen LogP contribution < -0.4 is 5.32 Å². The van der Waals surface area contributed by atoms with Gasteiger partial charge in [0.2, 0.25) is 5.28 Å². The number of nitrogens with one attached hydrogen (secondary N) is 2. The Bertz CT molecular complexity index is 575. The predicted octanol–water partition coefficient (Wildman–Crippen LogP) is 1.27. The van der Waals surface area contributed by atoms with Gasteiger partial charge < -0.3 is 20.5 Å². The molecule has 2 rings (SSSR count). The van der Waals surface area contributed by atoms with E-state index in [-0.39, 0.29) is 10.4 Å². The summed E-state index contributed by atoms with van der Waals surface area (Å²) in [7, 11) is 1.78. The summed E-state index contributed by atoms with van der Waals surface area (Å²) in [5, 5.41) is 23.6. The highest BCUT2D eigenvalue weighted by Crippen LogP contribution is 2.31. The van der Waals surface area contributed by atoms with Crippen LogP contribution in [0.25, 0.3) is 11.0 Å². The van der Waals surface area contributed by atoms with Crippen molar-refractivity contribution in [2.45, 2.75) is 18.6 Å². The van der Waals surface area contributed by atoms with Crippen molar-refractivity contribution < 1.29 is 10.2 Å².